The van der Waals surface area contributed by atoms with Crippen LogP contribution in [0.4, 0.5) is 0 Å². The number of morpholine rings is 1. The second-order valence-electron chi connectivity index (χ2n) is 6.46. The fraction of sp³-hybridized carbons (Fsp3) is 0.765. The number of nitrogens with one attached hydrogen (secondary N) is 2. The van der Waals surface area contributed by atoms with Crippen molar-refractivity contribution in [1.82, 2.24) is 20.5 Å². The van der Waals surface area contributed by atoms with E-state index < -0.39 is 0 Å². The Morgan fingerprint density at radius 1 is 1.29 bits per heavy atom. The van der Waals surface area contributed by atoms with Crippen LogP contribution < -0.4 is 10.6 Å². The molecule has 6 nitrogen and oxygen atoms in total. The van der Waals surface area contributed by atoms with E-state index in [1.54, 1.807) is 11.3 Å². The Bertz CT molecular complexity index is 535. The highest BCUT2D eigenvalue weighted by Gasteiger charge is 2.21. The lowest BCUT2D eigenvalue weighted by atomic mass is 10.2. The van der Waals surface area contributed by atoms with Crippen molar-refractivity contribution in [2.24, 2.45) is 4.99 Å². The maximum absolute atomic E-state index is 5.77. The third kappa shape index (κ3) is 6.03. The molecule has 136 valence electrons. The molecule has 0 aromatic carbocycles. The number of aryl methyl sites for hydroxylation is 2. The van der Waals surface area contributed by atoms with E-state index in [9.17, 15) is 0 Å². The van der Waals surface area contributed by atoms with Crippen molar-refractivity contribution in [3.63, 3.8) is 0 Å². The predicted molar refractivity (Wildman–Crippen MR) is 101 cm³/mol. The van der Waals surface area contributed by atoms with Gasteiger partial charge in [-0.3, -0.25) is 9.89 Å². The number of aromatic nitrogens is 1. The molecular formula is C17H31N5OS. The van der Waals surface area contributed by atoms with Gasteiger partial charge in [-0.15, -0.1) is 11.3 Å². The lowest BCUT2D eigenvalue weighted by Gasteiger charge is -2.35. The quantitative estimate of drug-likeness (QED) is 0.465. The molecule has 1 aliphatic heterocycles. The van der Waals surface area contributed by atoms with Gasteiger partial charge in [-0.1, -0.05) is 0 Å². The van der Waals surface area contributed by atoms with Crippen molar-refractivity contribution < 1.29 is 4.74 Å². The molecule has 0 bridgehead atoms. The van der Waals surface area contributed by atoms with Gasteiger partial charge in [-0.2, -0.15) is 0 Å². The van der Waals surface area contributed by atoms with Gasteiger partial charge in [0.25, 0.3) is 0 Å². The van der Waals surface area contributed by atoms with Crippen LogP contribution in [0.5, 0.6) is 0 Å². The van der Waals surface area contributed by atoms with Crippen LogP contribution in [0.1, 0.15) is 35.8 Å². The highest BCUT2D eigenvalue weighted by atomic mass is 32.1. The van der Waals surface area contributed by atoms with Crippen LogP contribution in [-0.4, -0.2) is 61.3 Å². The van der Waals surface area contributed by atoms with Gasteiger partial charge in [0, 0.05) is 38.1 Å². The first kappa shape index (κ1) is 19.1. The van der Waals surface area contributed by atoms with Crippen molar-refractivity contribution in [2.75, 3.05) is 33.2 Å². The number of ether oxygens (including phenoxy) is 1. The molecule has 2 unspecified atom stereocenters. The van der Waals surface area contributed by atoms with Crippen molar-refractivity contribution >= 4 is 17.3 Å². The Morgan fingerprint density at radius 2 is 2.00 bits per heavy atom. The SMILES string of the molecule is CN=C(NCCCN1CC(C)OC(C)C1)NCc1sc(C)nc1C. The van der Waals surface area contributed by atoms with Gasteiger partial charge in [0.1, 0.15) is 0 Å². The zero-order valence-corrected chi connectivity index (χ0v) is 16.4. The lowest BCUT2D eigenvalue weighted by molar-refractivity contribution is -0.0679. The molecule has 1 aromatic heterocycles. The molecule has 2 heterocycles. The van der Waals surface area contributed by atoms with E-state index >= 15 is 0 Å². The van der Waals surface area contributed by atoms with E-state index in [2.05, 4.69) is 46.3 Å². The van der Waals surface area contributed by atoms with Crippen molar-refractivity contribution in [2.45, 2.75) is 52.9 Å². The van der Waals surface area contributed by atoms with Crippen LogP contribution in [0, 0.1) is 13.8 Å². The summed E-state index contributed by atoms with van der Waals surface area (Å²) in [5.41, 5.74) is 1.11. The smallest absolute Gasteiger partial charge is 0.191 e. The van der Waals surface area contributed by atoms with Crippen LogP contribution >= 0.6 is 11.3 Å². The molecule has 0 spiro atoms. The minimum Gasteiger partial charge on any atom is -0.373 e. The number of guanidine groups is 1. The summed E-state index contributed by atoms with van der Waals surface area (Å²) in [4.78, 5) is 12.5. The molecule has 1 saturated heterocycles. The van der Waals surface area contributed by atoms with E-state index in [1.807, 2.05) is 14.0 Å². The third-order valence-corrected chi connectivity index (χ3v) is 5.15. The van der Waals surface area contributed by atoms with E-state index in [0.29, 0.717) is 12.2 Å². The maximum atomic E-state index is 5.77. The zero-order valence-electron chi connectivity index (χ0n) is 15.6. The first-order chi connectivity index (χ1) is 11.5. The number of thiazole rings is 1. The molecule has 7 heteroatoms. The number of hydrogen-bond donors (Lipinski definition) is 2. The summed E-state index contributed by atoms with van der Waals surface area (Å²) in [6.45, 7) is 13.2. The van der Waals surface area contributed by atoms with Gasteiger partial charge in [0.05, 0.1) is 29.5 Å². The molecule has 1 aromatic rings. The fourth-order valence-corrected chi connectivity index (χ4v) is 3.98. The summed E-state index contributed by atoms with van der Waals surface area (Å²) in [6.07, 6.45) is 1.77. The van der Waals surface area contributed by atoms with Gasteiger partial charge >= 0.3 is 0 Å². The number of rotatable bonds is 6. The molecule has 1 fully saturated rings. The molecule has 0 radical (unpaired) electrons. The minimum absolute atomic E-state index is 0.335. The third-order valence-electron chi connectivity index (χ3n) is 4.08. The normalized spacial score (nSPS) is 22.6. The zero-order chi connectivity index (χ0) is 17.5. The average molecular weight is 354 g/mol. The molecular weight excluding hydrogens is 322 g/mol. The minimum atomic E-state index is 0.335. The predicted octanol–water partition coefficient (Wildman–Crippen LogP) is 1.92. The van der Waals surface area contributed by atoms with Crippen LogP contribution in [-0.2, 0) is 11.3 Å². The maximum Gasteiger partial charge on any atom is 0.191 e. The topological polar surface area (TPSA) is 61.8 Å². The van der Waals surface area contributed by atoms with Gasteiger partial charge < -0.3 is 15.4 Å². The standard InChI is InChI=1S/C17H31N5OS/c1-12-10-22(11-13(2)23-12)8-6-7-19-17(18-5)20-9-16-14(3)21-15(4)24-16/h12-13H,6-11H2,1-5H3,(H2,18,19,20). The average Bonchev–Trinajstić information content (AvgIpc) is 2.83. The molecule has 24 heavy (non-hydrogen) atoms. The molecule has 2 rings (SSSR count). The van der Waals surface area contributed by atoms with Crippen molar-refractivity contribution in [3.05, 3.63) is 15.6 Å². The molecule has 2 N–H and O–H groups in total. The molecule has 2 atom stereocenters. The molecule has 0 aliphatic carbocycles. The summed E-state index contributed by atoms with van der Waals surface area (Å²) in [6, 6.07) is 0. The van der Waals surface area contributed by atoms with Gasteiger partial charge in [-0.05, 0) is 34.1 Å². The summed E-state index contributed by atoms with van der Waals surface area (Å²) in [5, 5.41) is 7.87. The van der Waals surface area contributed by atoms with Gasteiger partial charge in [0.15, 0.2) is 5.96 Å². The highest BCUT2D eigenvalue weighted by Crippen LogP contribution is 2.16. The second kappa shape index (κ2) is 9.34. The van der Waals surface area contributed by atoms with Gasteiger partial charge in [0.2, 0.25) is 0 Å². The second-order valence-corrected chi connectivity index (χ2v) is 7.75. The summed E-state index contributed by atoms with van der Waals surface area (Å²) < 4.78 is 5.77. The largest absolute Gasteiger partial charge is 0.373 e. The Balaban J connectivity index is 1.65. The van der Waals surface area contributed by atoms with Crippen LogP contribution in [0.15, 0.2) is 4.99 Å². The van der Waals surface area contributed by atoms with Crippen molar-refractivity contribution in [3.8, 4) is 0 Å². The Hall–Kier alpha value is -1.18. The monoisotopic (exact) mass is 353 g/mol. The summed E-state index contributed by atoms with van der Waals surface area (Å²) >= 11 is 1.74. The summed E-state index contributed by atoms with van der Waals surface area (Å²) in [5.74, 6) is 0.851. The summed E-state index contributed by atoms with van der Waals surface area (Å²) in [7, 11) is 1.81. The molecule has 0 saturated carbocycles. The van der Waals surface area contributed by atoms with E-state index in [1.165, 1.54) is 4.88 Å². The number of hydrogen-bond acceptors (Lipinski definition) is 5. The first-order valence-electron chi connectivity index (χ1n) is 8.73. The van der Waals surface area contributed by atoms with Crippen LogP contribution in [0.25, 0.3) is 0 Å². The molecule has 1 aliphatic rings. The van der Waals surface area contributed by atoms with E-state index in [-0.39, 0.29) is 0 Å². The Kier molecular flexibility index (Phi) is 7.45. The van der Waals surface area contributed by atoms with Crippen LogP contribution in [0.2, 0.25) is 0 Å². The Labute approximate surface area is 149 Å². The first-order valence-corrected chi connectivity index (χ1v) is 9.54. The lowest BCUT2D eigenvalue weighted by Crippen LogP contribution is -2.46. The van der Waals surface area contributed by atoms with Crippen molar-refractivity contribution in [1.29, 1.82) is 0 Å². The highest BCUT2D eigenvalue weighted by molar-refractivity contribution is 7.11. The van der Waals surface area contributed by atoms with E-state index in [4.69, 9.17) is 4.74 Å². The van der Waals surface area contributed by atoms with Gasteiger partial charge in [-0.25, -0.2) is 4.98 Å². The van der Waals surface area contributed by atoms with Crippen LogP contribution in [0.3, 0.4) is 0 Å². The fourth-order valence-electron chi connectivity index (χ4n) is 3.10. The number of nitrogens with zero attached hydrogens (tertiary/aromatic N) is 3. The Morgan fingerprint density at radius 3 is 2.58 bits per heavy atom. The number of aliphatic imine (C=N–C) groups is 1. The van der Waals surface area contributed by atoms with E-state index in [0.717, 1.165) is 55.8 Å². The molecule has 0 amide bonds.